The Labute approximate surface area is 169 Å². The van der Waals surface area contributed by atoms with E-state index in [0.717, 1.165) is 22.1 Å². The molecule has 4 aromatic rings. The SMILES string of the molecule is Cn1c(SCc2nnc(-c3ccc(Cl)cc3)o2)nnc1-c1ccc(Cl)cc1. The average molecular weight is 418 g/mol. The molecule has 0 saturated carbocycles. The molecule has 0 fully saturated rings. The molecule has 0 spiro atoms. The first-order valence-electron chi connectivity index (χ1n) is 7.96. The van der Waals surface area contributed by atoms with E-state index in [9.17, 15) is 0 Å². The maximum atomic E-state index is 5.94. The van der Waals surface area contributed by atoms with Crippen molar-refractivity contribution in [2.75, 3.05) is 0 Å². The van der Waals surface area contributed by atoms with E-state index in [1.165, 1.54) is 11.8 Å². The van der Waals surface area contributed by atoms with Crippen molar-refractivity contribution >= 4 is 35.0 Å². The lowest BCUT2D eigenvalue weighted by Crippen LogP contribution is -1.95. The molecule has 0 bridgehead atoms. The topological polar surface area (TPSA) is 69.6 Å². The molecule has 0 N–H and O–H groups in total. The van der Waals surface area contributed by atoms with Gasteiger partial charge in [-0.3, -0.25) is 0 Å². The van der Waals surface area contributed by atoms with Crippen LogP contribution >= 0.6 is 35.0 Å². The molecule has 0 amide bonds. The zero-order chi connectivity index (χ0) is 18.8. The number of thioether (sulfide) groups is 1. The second kappa shape index (κ2) is 7.72. The molecular formula is C18H13Cl2N5OS. The van der Waals surface area contributed by atoms with Crippen LogP contribution in [-0.2, 0) is 12.8 Å². The van der Waals surface area contributed by atoms with Crippen molar-refractivity contribution in [3.8, 4) is 22.8 Å². The first-order chi connectivity index (χ1) is 13.1. The lowest BCUT2D eigenvalue weighted by Gasteiger charge is -2.03. The van der Waals surface area contributed by atoms with Crippen molar-refractivity contribution in [3.05, 3.63) is 64.5 Å². The molecule has 4 rings (SSSR count). The normalized spacial score (nSPS) is 11.1. The van der Waals surface area contributed by atoms with Crippen LogP contribution in [0, 0.1) is 0 Å². The summed E-state index contributed by atoms with van der Waals surface area (Å²) in [5.74, 6) is 2.23. The molecular weight excluding hydrogens is 405 g/mol. The third-order valence-corrected chi connectivity index (χ3v) is 5.33. The second-order valence-corrected chi connectivity index (χ2v) is 7.48. The molecule has 2 aromatic heterocycles. The van der Waals surface area contributed by atoms with Crippen LogP contribution in [0.25, 0.3) is 22.8 Å². The minimum atomic E-state index is 0.460. The standard InChI is InChI=1S/C18H13Cl2N5OS/c1-25-16(11-2-6-13(19)7-3-11)22-24-18(25)27-10-15-21-23-17(26-15)12-4-8-14(20)9-5-12/h2-9H,10H2,1H3. The van der Waals surface area contributed by atoms with Gasteiger partial charge in [0.25, 0.3) is 0 Å². The van der Waals surface area contributed by atoms with Gasteiger partial charge in [-0.05, 0) is 48.5 Å². The number of halogens is 2. The van der Waals surface area contributed by atoms with Crippen LogP contribution in [0.3, 0.4) is 0 Å². The third kappa shape index (κ3) is 4.00. The lowest BCUT2D eigenvalue weighted by atomic mass is 10.2. The fourth-order valence-corrected chi connectivity index (χ4v) is 3.44. The Morgan fingerprint density at radius 1 is 0.852 bits per heavy atom. The van der Waals surface area contributed by atoms with Crippen LogP contribution in [0.1, 0.15) is 5.89 Å². The monoisotopic (exact) mass is 417 g/mol. The summed E-state index contributed by atoms with van der Waals surface area (Å²) in [7, 11) is 1.92. The molecule has 6 nitrogen and oxygen atoms in total. The summed E-state index contributed by atoms with van der Waals surface area (Å²) in [6, 6.07) is 14.7. The quantitative estimate of drug-likeness (QED) is 0.419. The Morgan fingerprint density at radius 2 is 1.48 bits per heavy atom. The summed E-state index contributed by atoms with van der Waals surface area (Å²) in [6.07, 6.45) is 0. The van der Waals surface area contributed by atoms with Crippen LogP contribution in [0.4, 0.5) is 0 Å². The van der Waals surface area contributed by atoms with Gasteiger partial charge in [-0.1, -0.05) is 35.0 Å². The fraction of sp³-hybridized carbons (Fsp3) is 0.111. The first kappa shape index (κ1) is 18.0. The number of aromatic nitrogens is 5. The van der Waals surface area contributed by atoms with Crippen molar-refractivity contribution < 1.29 is 4.42 Å². The average Bonchev–Trinajstić information content (AvgIpc) is 3.28. The van der Waals surface area contributed by atoms with Gasteiger partial charge in [0, 0.05) is 28.2 Å². The van der Waals surface area contributed by atoms with Gasteiger partial charge in [-0.2, -0.15) is 0 Å². The molecule has 0 aliphatic heterocycles. The van der Waals surface area contributed by atoms with Crippen LogP contribution in [0.2, 0.25) is 10.0 Å². The Balaban J connectivity index is 1.46. The van der Waals surface area contributed by atoms with E-state index < -0.39 is 0 Å². The van der Waals surface area contributed by atoms with Gasteiger partial charge in [-0.15, -0.1) is 20.4 Å². The van der Waals surface area contributed by atoms with Crippen molar-refractivity contribution in [2.45, 2.75) is 10.9 Å². The highest BCUT2D eigenvalue weighted by Gasteiger charge is 2.14. The van der Waals surface area contributed by atoms with Crippen molar-refractivity contribution in [1.29, 1.82) is 0 Å². The third-order valence-electron chi connectivity index (χ3n) is 3.82. The minimum Gasteiger partial charge on any atom is -0.420 e. The predicted octanol–water partition coefficient (Wildman–Crippen LogP) is 5.13. The van der Waals surface area contributed by atoms with E-state index in [1.54, 1.807) is 12.1 Å². The predicted molar refractivity (Wildman–Crippen MR) is 106 cm³/mol. The zero-order valence-corrected chi connectivity index (χ0v) is 16.5. The highest BCUT2D eigenvalue weighted by atomic mass is 35.5. The van der Waals surface area contributed by atoms with Gasteiger partial charge in [0.2, 0.25) is 11.8 Å². The summed E-state index contributed by atoms with van der Waals surface area (Å²) < 4.78 is 7.64. The van der Waals surface area contributed by atoms with Gasteiger partial charge >= 0.3 is 0 Å². The molecule has 0 unspecified atom stereocenters. The van der Waals surface area contributed by atoms with Crippen LogP contribution in [0.15, 0.2) is 58.1 Å². The maximum absolute atomic E-state index is 5.94. The van der Waals surface area contributed by atoms with Crippen LogP contribution in [-0.4, -0.2) is 25.0 Å². The minimum absolute atomic E-state index is 0.460. The van der Waals surface area contributed by atoms with Crippen molar-refractivity contribution in [1.82, 2.24) is 25.0 Å². The summed E-state index contributed by atoms with van der Waals surface area (Å²) in [5, 5.41) is 18.8. The van der Waals surface area contributed by atoms with Crippen LogP contribution < -0.4 is 0 Å². The largest absolute Gasteiger partial charge is 0.420 e. The molecule has 2 heterocycles. The second-order valence-electron chi connectivity index (χ2n) is 5.67. The number of hydrogen-bond donors (Lipinski definition) is 0. The van der Waals surface area contributed by atoms with E-state index in [-0.39, 0.29) is 0 Å². The highest BCUT2D eigenvalue weighted by Crippen LogP contribution is 2.27. The van der Waals surface area contributed by atoms with Gasteiger partial charge in [-0.25, -0.2) is 0 Å². The molecule has 0 aliphatic rings. The Morgan fingerprint density at radius 3 is 2.15 bits per heavy atom. The smallest absolute Gasteiger partial charge is 0.247 e. The van der Waals surface area contributed by atoms with Crippen molar-refractivity contribution in [2.24, 2.45) is 7.05 Å². The van der Waals surface area contributed by atoms with E-state index in [0.29, 0.717) is 27.6 Å². The van der Waals surface area contributed by atoms with Crippen LogP contribution in [0.5, 0.6) is 0 Å². The number of nitrogens with zero attached hydrogens (tertiary/aromatic N) is 5. The molecule has 2 aromatic carbocycles. The summed E-state index contributed by atoms with van der Waals surface area (Å²) in [4.78, 5) is 0. The number of benzene rings is 2. The zero-order valence-electron chi connectivity index (χ0n) is 14.1. The first-order valence-corrected chi connectivity index (χ1v) is 9.71. The van der Waals surface area contributed by atoms with E-state index in [4.69, 9.17) is 27.6 Å². The summed E-state index contributed by atoms with van der Waals surface area (Å²) in [6.45, 7) is 0. The van der Waals surface area contributed by atoms with E-state index in [2.05, 4.69) is 20.4 Å². The highest BCUT2D eigenvalue weighted by molar-refractivity contribution is 7.98. The number of rotatable bonds is 5. The molecule has 27 heavy (non-hydrogen) atoms. The van der Waals surface area contributed by atoms with Crippen molar-refractivity contribution in [3.63, 3.8) is 0 Å². The Bertz CT molecular complexity index is 1060. The molecule has 0 radical (unpaired) electrons. The summed E-state index contributed by atoms with van der Waals surface area (Å²) in [5.41, 5.74) is 1.77. The molecule has 9 heteroatoms. The molecule has 0 atom stereocenters. The fourth-order valence-electron chi connectivity index (χ4n) is 2.44. The van der Waals surface area contributed by atoms with Gasteiger partial charge in [0.05, 0.1) is 5.75 Å². The Hall–Kier alpha value is -2.35. The van der Waals surface area contributed by atoms with Gasteiger partial charge in [0.15, 0.2) is 11.0 Å². The van der Waals surface area contributed by atoms with E-state index >= 15 is 0 Å². The summed E-state index contributed by atoms with van der Waals surface area (Å²) >= 11 is 13.3. The molecule has 136 valence electrons. The van der Waals surface area contributed by atoms with E-state index in [1.807, 2.05) is 48.0 Å². The van der Waals surface area contributed by atoms with Gasteiger partial charge < -0.3 is 8.98 Å². The molecule has 0 aliphatic carbocycles. The lowest BCUT2D eigenvalue weighted by molar-refractivity contribution is 0.528. The molecule has 0 saturated heterocycles. The van der Waals surface area contributed by atoms with Gasteiger partial charge in [0.1, 0.15) is 0 Å². The maximum Gasteiger partial charge on any atom is 0.247 e. The Kier molecular flexibility index (Phi) is 5.15. The number of hydrogen-bond acceptors (Lipinski definition) is 6.